The van der Waals surface area contributed by atoms with E-state index in [4.69, 9.17) is 4.98 Å². The number of aromatic nitrogens is 1. The molecule has 53 heavy (non-hydrogen) atoms. The van der Waals surface area contributed by atoms with Gasteiger partial charge in [-0.3, -0.25) is 19.3 Å². The first-order valence-corrected chi connectivity index (χ1v) is 18.2. The first-order valence-electron chi connectivity index (χ1n) is 18.2. The zero-order chi connectivity index (χ0) is 37.2. The van der Waals surface area contributed by atoms with Crippen LogP contribution in [0.15, 0.2) is 73.3 Å². The molecule has 3 aromatic rings. The zero-order valence-corrected chi connectivity index (χ0v) is 30.0. The van der Waals surface area contributed by atoms with E-state index in [0.717, 1.165) is 62.8 Å². The molecule has 2 aromatic carbocycles. The number of nitrogens with zero attached hydrogens (tertiary/aromatic N) is 8. The molecule has 4 fully saturated rings. The number of phenols is 1. The highest BCUT2D eigenvalue weighted by Gasteiger charge is 2.51. The highest BCUT2D eigenvalue weighted by Crippen LogP contribution is 2.32. The van der Waals surface area contributed by atoms with Crippen molar-refractivity contribution in [1.82, 2.24) is 34.6 Å². The van der Waals surface area contributed by atoms with Gasteiger partial charge in [-0.05, 0) is 31.2 Å². The van der Waals surface area contributed by atoms with E-state index in [9.17, 15) is 19.5 Å². The molecule has 1 aromatic heterocycles. The van der Waals surface area contributed by atoms with Gasteiger partial charge in [0.25, 0.3) is 0 Å². The number of hydrogen-bond donors (Lipinski definition) is 1. The van der Waals surface area contributed by atoms with Crippen LogP contribution in [-0.2, 0) is 33.8 Å². The van der Waals surface area contributed by atoms with E-state index in [-0.39, 0.29) is 38.5 Å². The van der Waals surface area contributed by atoms with E-state index in [1.807, 2.05) is 48.5 Å². The number of rotatable bonds is 11. The van der Waals surface area contributed by atoms with Gasteiger partial charge in [-0.25, -0.2) is 23.8 Å². The normalized spacial score (nSPS) is 21.9. The summed E-state index contributed by atoms with van der Waals surface area (Å²) in [6.45, 7) is 9.71. The van der Waals surface area contributed by atoms with E-state index in [1.165, 1.54) is 14.8 Å². The number of aromatic hydroxyl groups is 1. The number of hydrogen-bond acceptors (Lipinski definition) is 9. The maximum atomic E-state index is 15.2. The van der Waals surface area contributed by atoms with Crippen LogP contribution in [0.3, 0.4) is 0 Å². The molecule has 1 unspecified atom stereocenters. The molecule has 14 heteroatoms. The van der Waals surface area contributed by atoms with Crippen LogP contribution in [0.4, 0.5) is 14.6 Å². The number of amides is 3. The number of likely N-dealkylation sites (N-methyl/N-ethyl adjacent to an activating group) is 1. The summed E-state index contributed by atoms with van der Waals surface area (Å²) in [5.41, 5.74) is 1.15. The van der Waals surface area contributed by atoms with Crippen molar-refractivity contribution in [3.63, 3.8) is 0 Å². The van der Waals surface area contributed by atoms with Gasteiger partial charge >= 0.3 is 0 Å². The number of carbonyl (C=O) groups excluding carboxylic acids is 3. The molecule has 3 amide bonds. The minimum Gasteiger partial charge on any atom is -0.508 e. The SMILES string of the molecule is C=CCN1CC(=O)N2C(CN(Cc3cccc(N4CC(N5CCN(C)CC5)C4)n3)C(=O)[C@@H]2Cc2c(F)cc(O)cc2F)N1C(=O)CCc1ccccc1. The Hall–Kier alpha value is -4.92. The largest absolute Gasteiger partial charge is 0.508 e. The van der Waals surface area contributed by atoms with Crippen molar-refractivity contribution in [2.75, 3.05) is 70.9 Å². The molecule has 0 saturated carbocycles. The molecule has 5 heterocycles. The average molecular weight is 729 g/mol. The standard InChI is InChI=1S/C39H46F2N8O4/c1-3-14-47-26-38(52)48-34(21-31-32(40)19-30(50)20-33(31)41)39(53)46(25-36(48)49(47)37(51)13-12-27-8-5-4-6-9-27)22-28-10-7-11-35(42-28)45-23-29(24-45)44-17-15-43(2)16-18-44/h3-11,19-20,29,34,36,50H,1,12-18,21-26H2,2H3/t34-,36?/m0/s1. The number of pyridine rings is 1. The van der Waals surface area contributed by atoms with Crippen molar-refractivity contribution >= 4 is 23.5 Å². The number of hydrazine groups is 1. The maximum absolute atomic E-state index is 15.2. The van der Waals surface area contributed by atoms with Gasteiger partial charge < -0.3 is 24.7 Å². The van der Waals surface area contributed by atoms with Gasteiger partial charge in [0.2, 0.25) is 17.7 Å². The van der Waals surface area contributed by atoms with Gasteiger partial charge in [-0.2, -0.15) is 0 Å². The molecule has 0 radical (unpaired) electrons. The Balaban J connectivity index is 1.16. The molecule has 280 valence electrons. The van der Waals surface area contributed by atoms with Crippen LogP contribution >= 0.6 is 0 Å². The smallest absolute Gasteiger partial charge is 0.246 e. The second-order valence-corrected chi connectivity index (χ2v) is 14.4. The number of aryl methyl sites for hydroxylation is 1. The zero-order valence-electron chi connectivity index (χ0n) is 30.0. The van der Waals surface area contributed by atoms with E-state index >= 15 is 8.78 Å². The fourth-order valence-electron chi connectivity index (χ4n) is 7.88. The molecule has 0 aliphatic carbocycles. The van der Waals surface area contributed by atoms with Crippen LogP contribution in [0.1, 0.15) is 23.2 Å². The number of benzene rings is 2. The summed E-state index contributed by atoms with van der Waals surface area (Å²) in [4.78, 5) is 57.3. The van der Waals surface area contributed by atoms with Gasteiger partial charge in [0.15, 0.2) is 0 Å². The number of anilines is 1. The Morgan fingerprint density at radius 2 is 1.70 bits per heavy atom. The lowest BCUT2D eigenvalue weighted by Gasteiger charge is -2.55. The molecular formula is C39H46F2N8O4. The summed E-state index contributed by atoms with van der Waals surface area (Å²) in [7, 11) is 2.14. The minimum absolute atomic E-state index is 0.0343. The molecule has 12 nitrogen and oxygen atoms in total. The van der Waals surface area contributed by atoms with Crippen LogP contribution in [-0.4, -0.2) is 142 Å². The number of fused-ring (bicyclic) bond motifs is 1. The van der Waals surface area contributed by atoms with Crippen LogP contribution in [0.2, 0.25) is 0 Å². The van der Waals surface area contributed by atoms with E-state index in [1.54, 1.807) is 11.1 Å². The van der Waals surface area contributed by atoms with Gasteiger partial charge in [0.05, 0.1) is 25.3 Å². The summed E-state index contributed by atoms with van der Waals surface area (Å²) in [5.74, 6) is -3.08. The summed E-state index contributed by atoms with van der Waals surface area (Å²) in [6.07, 6.45) is 0.748. The van der Waals surface area contributed by atoms with Gasteiger partial charge in [-0.1, -0.05) is 42.5 Å². The van der Waals surface area contributed by atoms with Crippen LogP contribution in [0.5, 0.6) is 5.75 Å². The number of halogens is 2. The van der Waals surface area contributed by atoms with Gasteiger partial charge in [-0.15, -0.1) is 6.58 Å². The van der Waals surface area contributed by atoms with Crippen molar-refractivity contribution in [1.29, 1.82) is 0 Å². The van der Waals surface area contributed by atoms with E-state index in [2.05, 4.69) is 28.3 Å². The quantitative estimate of drug-likeness (QED) is 0.299. The molecule has 2 atom stereocenters. The van der Waals surface area contributed by atoms with E-state index in [0.29, 0.717) is 18.2 Å². The Morgan fingerprint density at radius 1 is 0.981 bits per heavy atom. The van der Waals surface area contributed by atoms with Crippen LogP contribution < -0.4 is 4.90 Å². The molecule has 0 bridgehead atoms. The second-order valence-electron chi connectivity index (χ2n) is 14.4. The van der Waals surface area contributed by atoms with Gasteiger partial charge in [0, 0.05) is 82.4 Å². The third-order valence-electron chi connectivity index (χ3n) is 10.8. The number of carbonyl (C=O) groups is 3. The third kappa shape index (κ3) is 7.75. The summed E-state index contributed by atoms with van der Waals surface area (Å²) in [6, 6.07) is 15.9. The lowest BCUT2D eigenvalue weighted by molar-refractivity contribution is -0.205. The fraction of sp³-hybridized carbons (Fsp3) is 0.436. The monoisotopic (exact) mass is 728 g/mol. The van der Waals surface area contributed by atoms with Crippen molar-refractivity contribution in [2.45, 2.75) is 44.1 Å². The predicted octanol–water partition coefficient (Wildman–Crippen LogP) is 2.49. The lowest BCUT2D eigenvalue weighted by Crippen LogP contribution is -2.76. The first-order chi connectivity index (χ1) is 25.6. The number of piperazine rings is 2. The topological polar surface area (TPSA) is 107 Å². The number of phenolic OH excluding ortho intramolecular Hbond substituents is 1. The highest BCUT2D eigenvalue weighted by molar-refractivity contribution is 5.92. The molecule has 4 saturated heterocycles. The Labute approximate surface area is 308 Å². The van der Waals surface area contributed by atoms with Crippen molar-refractivity contribution in [3.8, 4) is 5.75 Å². The van der Waals surface area contributed by atoms with Gasteiger partial charge in [0.1, 0.15) is 35.4 Å². The van der Waals surface area contributed by atoms with Crippen molar-refractivity contribution in [3.05, 3.63) is 102 Å². The van der Waals surface area contributed by atoms with Crippen LogP contribution in [0.25, 0.3) is 0 Å². The molecule has 4 aliphatic heterocycles. The van der Waals surface area contributed by atoms with Crippen molar-refractivity contribution in [2.24, 2.45) is 0 Å². The Kier molecular flexibility index (Phi) is 10.7. The van der Waals surface area contributed by atoms with Crippen molar-refractivity contribution < 1.29 is 28.3 Å². The molecule has 7 rings (SSSR count). The summed E-state index contributed by atoms with van der Waals surface area (Å²) in [5, 5.41) is 12.9. The molecule has 0 spiro atoms. The molecule has 4 aliphatic rings. The third-order valence-corrected chi connectivity index (χ3v) is 10.8. The minimum atomic E-state index is -1.33. The molecule has 1 N–H and O–H groups in total. The Bertz CT molecular complexity index is 1810. The molecular weight excluding hydrogens is 682 g/mol. The fourth-order valence-corrected chi connectivity index (χ4v) is 7.88. The summed E-state index contributed by atoms with van der Waals surface area (Å²) >= 11 is 0. The average Bonchev–Trinajstić information content (AvgIpc) is 3.11. The highest BCUT2D eigenvalue weighted by atomic mass is 19.1. The van der Waals surface area contributed by atoms with E-state index < -0.39 is 53.4 Å². The predicted molar refractivity (Wildman–Crippen MR) is 194 cm³/mol. The lowest BCUT2D eigenvalue weighted by atomic mass is 9.97. The van der Waals surface area contributed by atoms with Crippen LogP contribution in [0, 0.1) is 11.6 Å². The Morgan fingerprint density at radius 3 is 2.40 bits per heavy atom. The first kappa shape index (κ1) is 36.4. The summed E-state index contributed by atoms with van der Waals surface area (Å²) < 4.78 is 30.4. The second kappa shape index (κ2) is 15.6. The maximum Gasteiger partial charge on any atom is 0.246 e.